The number of rotatable bonds is 4. The van der Waals surface area contributed by atoms with Gasteiger partial charge in [-0.2, -0.15) is 5.10 Å². The Morgan fingerprint density at radius 1 is 1.27 bits per heavy atom. The van der Waals surface area contributed by atoms with Crippen molar-refractivity contribution in [2.24, 2.45) is 0 Å². The monoisotopic (exact) mass is 329 g/mol. The second-order valence-corrected chi connectivity index (χ2v) is 7.15. The number of aromatic amines is 1. The minimum atomic E-state index is 0.534. The number of aromatic nitrogens is 3. The molecule has 1 aromatic carbocycles. The maximum absolute atomic E-state index is 5.40. The van der Waals surface area contributed by atoms with Crippen molar-refractivity contribution in [3.63, 3.8) is 0 Å². The topological polar surface area (TPSA) is 33.6 Å². The van der Waals surface area contributed by atoms with Crippen molar-refractivity contribution in [3.05, 3.63) is 56.5 Å². The number of H-pyrrole nitrogens is 1. The summed E-state index contributed by atoms with van der Waals surface area (Å²) in [4.78, 5) is 1.37. The van der Waals surface area contributed by atoms with E-state index >= 15 is 0 Å². The highest BCUT2D eigenvalue weighted by Gasteiger charge is 2.12. The third-order valence-corrected chi connectivity index (χ3v) is 5.21. The zero-order valence-corrected chi connectivity index (χ0v) is 14.6. The molecule has 0 radical (unpaired) electrons. The number of hydrogen-bond acceptors (Lipinski definition) is 3. The van der Waals surface area contributed by atoms with Crippen LogP contribution in [0.2, 0.25) is 0 Å². The van der Waals surface area contributed by atoms with E-state index in [-0.39, 0.29) is 0 Å². The number of thiophene rings is 1. The largest absolute Gasteiger partial charge is 0.296 e. The average Bonchev–Trinajstić information content (AvgIpc) is 3.09. The molecule has 3 aromatic rings. The molecule has 0 fully saturated rings. The number of hydrogen-bond donors (Lipinski definition) is 1. The van der Waals surface area contributed by atoms with Gasteiger partial charge >= 0.3 is 0 Å². The van der Waals surface area contributed by atoms with E-state index in [0.717, 1.165) is 17.9 Å². The van der Waals surface area contributed by atoms with Gasteiger partial charge in [-0.25, -0.2) is 0 Å². The molecule has 2 heterocycles. The van der Waals surface area contributed by atoms with Crippen LogP contribution in [0, 0.1) is 11.7 Å². The highest BCUT2D eigenvalue weighted by molar-refractivity contribution is 7.71. The van der Waals surface area contributed by atoms with Crippen molar-refractivity contribution >= 4 is 23.6 Å². The van der Waals surface area contributed by atoms with E-state index in [0.29, 0.717) is 10.7 Å². The molecular weight excluding hydrogens is 310 g/mol. The van der Waals surface area contributed by atoms with Gasteiger partial charge in [0.25, 0.3) is 0 Å². The van der Waals surface area contributed by atoms with Crippen molar-refractivity contribution < 1.29 is 0 Å². The van der Waals surface area contributed by atoms with Gasteiger partial charge in [-0.3, -0.25) is 9.67 Å². The standard InChI is InChI=1S/C17H19N3S2/c1-11(2)15-8-14(10-22-15)16-18-19-17(21)20(16)9-13-6-4-12(3)5-7-13/h4-8,10-11H,9H2,1-3H3,(H,19,21). The summed E-state index contributed by atoms with van der Waals surface area (Å²) < 4.78 is 2.72. The van der Waals surface area contributed by atoms with Crippen LogP contribution in [0.3, 0.4) is 0 Å². The van der Waals surface area contributed by atoms with E-state index in [4.69, 9.17) is 12.2 Å². The van der Waals surface area contributed by atoms with Gasteiger partial charge in [0.1, 0.15) is 0 Å². The van der Waals surface area contributed by atoms with Crippen LogP contribution in [0.1, 0.15) is 35.8 Å². The zero-order valence-electron chi connectivity index (χ0n) is 13.0. The van der Waals surface area contributed by atoms with Gasteiger partial charge in [0.05, 0.1) is 6.54 Å². The van der Waals surface area contributed by atoms with E-state index in [2.05, 4.69) is 71.2 Å². The molecule has 0 saturated heterocycles. The Bertz CT molecular complexity index is 822. The Hall–Kier alpha value is -1.72. The maximum atomic E-state index is 5.40. The Labute approximate surface area is 139 Å². The van der Waals surface area contributed by atoms with Gasteiger partial charge in [0.15, 0.2) is 10.6 Å². The normalized spacial score (nSPS) is 11.3. The van der Waals surface area contributed by atoms with Crippen LogP contribution < -0.4 is 0 Å². The Morgan fingerprint density at radius 3 is 2.64 bits per heavy atom. The molecule has 0 bridgehead atoms. The first-order chi connectivity index (χ1) is 10.5. The summed E-state index contributed by atoms with van der Waals surface area (Å²) in [6, 6.07) is 10.7. The van der Waals surface area contributed by atoms with E-state index < -0.39 is 0 Å². The molecule has 1 N–H and O–H groups in total. The molecule has 0 amide bonds. The molecule has 22 heavy (non-hydrogen) atoms. The highest BCUT2D eigenvalue weighted by atomic mass is 32.1. The van der Waals surface area contributed by atoms with Crippen molar-refractivity contribution in [2.45, 2.75) is 33.2 Å². The fourth-order valence-electron chi connectivity index (χ4n) is 2.33. The van der Waals surface area contributed by atoms with Gasteiger partial charge < -0.3 is 0 Å². The van der Waals surface area contributed by atoms with Gasteiger partial charge in [-0.1, -0.05) is 43.7 Å². The van der Waals surface area contributed by atoms with Crippen molar-refractivity contribution in [2.75, 3.05) is 0 Å². The lowest BCUT2D eigenvalue weighted by Gasteiger charge is -2.06. The Morgan fingerprint density at radius 2 is 2.00 bits per heavy atom. The summed E-state index contributed by atoms with van der Waals surface area (Å²) in [5.41, 5.74) is 3.62. The van der Waals surface area contributed by atoms with Gasteiger partial charge in [0.2, 0.25) is 0 Å². The van der Waals surface area contributed by atoms with E-state index in [1.807, 2.05) is 0 Å². The number of benzene rings is 1. The number of nitrogens with zero attached hydrogens (tertiary/aromatic N) is 2. The van der Waals surface area contributed by atoms with Gasteiger partial charge in [-0.15, -0.1) is 11.3 Å². The van der Waals surface area contributed by atoms with Crippen LogP contribution in [0.5, 0.6) is 0 Å². The molecule has 0 spiro atoms. The molecule has 0 aliphatic heterocycles. The minimum Gasteiger partial charge on any atom is -0.296 e. The molecule has 5 heteroatoms. The predicted molar refractivity (Wildman–Crippen MR) is 95.1 cm³/mol. The summed E-state index contributed by atoms with van der Waals surface area (Å²) in [6.45, 7) is 7.24. The third kappa shape index (κ3) is 3.05. The number of nitrogens with one attached hydrogen (secondary N) is 1. The molecule has 3 nitrogen and oxygen atoms in total. The predicted octanol–water partition coefficient (Wildman–Crippen LogP) is 5.15. The fraction of sp³-hybridized carbons (Fsp3) is 0.294. The first kappa shape index (κ1) is 15.2. The quantitative estimate of drug-likeness (QED) is 0.672. The maximum Gasteiger partial charge on any atom is 0.195 e. The average molecular weight is 329 g/mol. The zero-order chi connectivity index (χ0) is 15.7. The first-order valence-corrected chi connectivity index (χ1v) is 8.63. The minimum absolute atomic E-state index is 0.534. The summed E-state index contributed by atoms with van der Waals surface area (Å²) in [5, 5.41) is 9.51. The van der Waals surface area contributed by atoms with E-state index in [1.54, 1.807) is 11.3 Å². The van der Waals surface area contributed by atoms with E-state index in [1.165, 1.54) is 16.0 Å². The van der Waals surface area contributed by atoms with Crippen LogP contribution in [0.15, 0.2) is 35.7 Å². The smallest absolute Gasteiger partial charge is 0.195 e. The lowest BCUT2D eigenvalue weighted by molar-refractivity contribution is 0.790. The molecule has 3 rings (SSSR count). The lowest BCUT2D eigenvalue weighted by atomic mass is 10.1. The van der Waals surface area contributed by atoms with Crippen molar-refractivity contribution in [1.29, 1.82) is 0 Å². The van der Waals surface area contributed by atoms with Crippen LogP contribution in [0.25, 0.3) is 11.4 Å². The summed E-state index contributed by atoms with van der Waals surface area (Å²) >= 11 is 7.18. The summed E-state index contributed by atoms with van der Waals surface area (Å²) in [5.74, 6) is 1.44. The molecule has 2 aromatic heterocycles. The van der Waals surface area contributed by atoms with Crippen molar-refractivity contribution in [3.8, 4) is 11.4 Å². The SMILES string of the molecule is Cc1ccc(Cn2c(-c3csc(C(C)C)c3)n[nH]c2=S)cc1. The van der Waals surface area contributed by atoms with Crippen LogP contribution in [-0.4, -0.2) is 14.8 Å². The lowest BCUT2D eigenvalue weighted by Crippen LogP contribution is -2.02. The Balaban J connectivity index is 1.96. The summed E-state index contributed by atoms with van der Waals surface area (Å²) in [6.07, 6.45) is 0. The Kier molecular flexibility index (Phi) is 4.27. The molecule has 0 saturated carbocycles. The highest BCUT2D eigenvalue weighted by Crippen LogP contribution is 2.29. The molecular formula is C17H19N3S2. The number of aryl methyl sites for hydroxylation is 1. The van der Waals surface area contributed by atoms with E-state index in [9.17, 15) is 0 Å². The van der Waals surface area contributed by atoms with Crippen LogP contribution in [-0.2, 0) is 6.54 Å². The van der Waals surface area contributed by atoms with Crippen molar-refractivity contribution in [1.82, 2.24) is 14.8 Å². The third-order valence-electron chi connectivity index (χ3n) is 3.67. The molecule has 0 atom stereocenters. The molecule has 0 unspecified atom stereocenters. The first-order valence-electron chi connectivity index (χ1n) is 7.34. The van der Waals surface area contributed by atoms with Crippen LogP contribution in [0.4, 0.5) is 0 Å². The molecule has 0 aliphatic carbocycles. The second-order valence-electron chi connectivity index (χ2n) is 5.82. The summed E-state index contributed by atoms with van der Waals surface area (Å²) in [7, 11) is 0. The van der Waals surface area contributed by atoms with Gasteiger partial charge in [0, 0.05) is 15.8 Å². The van der Waals surface area contributed by atoms with Gasteiger partial charge in [-0.05, 0) is 36.7 Å². The second kappa shape index (κ2) is 6.18. The van der Waals surface area contributed by atoms with Crippen LogP contribution >= 0.6 is 23.6 Å². The molecule has 114 valence electrons. The fourth-order valence-corrected chi connectivity index (χ4v) is 3.43. The molecule has 0 aliphatic rings.